The third-order valence-corrected chi connectivity index (χ3v) is 3.21. The van der Waals surface area contributed by atoms with Crippen LogP contribution in [0.4, 0.5) is 4.79 Å². The quantitative estimate of drug-likeness (QED) is 0.838. The molecular weight excluding hydrogens is 248 g/mol. The van der Waals surface area contributed by atoms with Crippen molar-refractivity contribution in [3.63, 3.8) is 0 Å². The lowest BCUT2D eigenvalue weighted by atomic mass is 10.2. The molecule has 7 nitrogen and oxygen atoms in total. The highest BCUT2D eigenvalue weighted by Crippen LogP contribution is 2.10. The minimum absolute atomic E-state index is 0.338. The van der Waals surface area contributed by atoms with Crippen LogP contribution in [0.15, 0.2) is 12.4 Å². The molecule has 0 bridgehead atoms. The van der Waals surface area contributed by atoms with Gasteiger partial charge in [-0.05, 0) is 6.42 Å². The lowest BCUT2D eigenvalue weighted by Crippen LogP contribution is -2.49. The number of amides is 2. The zero-order valence-electron chi connectivity index (χ0n) is 10.9. The van der Waals surface area contributed by atoms with Gasteiger partial charge in [0, 0.05) is 25.5 Å². The molecule has 2 amide bonds. The first-order valence-electron chi connectivity index (χ1n) is 6.40. The Hall–Kier alpha value is -2.05. The number of fused-ring (bicyclic) bond motifs is 1. The Balaban J connectivity index is 1.95. The molecule has 7 heteroatoms. The van der Waals surface area contributed by atoms with Gasteiger partial charge in [-0.2, -0.15) is 0 Å². The van der Waals surface area contributed by atoms with Crippen LogP contribution in [0.25, 0.3) is 0 Å². The summed E-state index contributed by atoms with van der Waals surface area (Å²) in [4.78, 5) is 28.8. The lowest BCUT2D eigenvalue weighted by molar-refractivity contribution is -0.139. The van der Waals surface area contributed by atoms with Gasteiger partial charge >= 0.3 is 12.0 Å². The molecule has 0 radical (unpaired) electrons. The number of aliphatic carboxylic acids is 1. The smallest absolute Gasteiger partial charge is 0.326 e. The zero-order valence-corrected chi connectivity index (χ0v) is 10.9. The fourth-order valence-corrected chi connectivity index (χ4v) is 2.13. The largest absolute Gasteiger partial charge is 0.480 e. The molecule has 2 N–H and O–H groups in total. The van der Waals surface area contributed by atoms with Gasteiger partial charge in [0.2, 0.25) is 0 Å². The molecule has 0 saturated heterocycles. The number of carbonyl (C=O) groups is 2. The van der Waals surface area contributed by atoms with E-state index in [1.807, 2.05) is 17.7 Å². The number of carbonyl (C=O) groups excluding carboxylic acids is 1. The highest BCUT2D eigenvalue weighted by atomic mass is 16.4. The summed E-state index contributed by atoms with van der Waals surface area (Å²) in [6.07, 6.45) is 4.72. The van der Waals surface area contributed by atoms with Gasteiger partial charge in [-0.1, -0.05) is 13.3 Å². The summed E-state index contributed by atoms with van der Waals surface area (Å²) in [5.41, 5.74) is 0. The zero-order chi connectivity index (χ0) is 13.8. The van der Waals surface area contributed by atoms with Crippen molar-refractivity contribution in [3.05, 3.63) is 18.2 Å². The number of rotatable bonds is 4. The summed E-state index contributed by atoms with van der Waals surface area (Å²) in [5.74, 6) is -0.169. The number of carboxylic acid groups (broad SMARTS) is 1. The molecule has 0 fully saturated rings. The standard InChI is InChI=1S/C12H18N4O3/c1-2-3-9(11(17)18)14-12(19)16-7-6-15-5-4-13-10(15)8-16/h4-5,9H,2-3,6-8H2,1H3,(H,14,19)(H,17,18). The first kappa shape index (κ1) is 13.4. The number of nitrogens with one attached hydrogen (secondary N) is 1. The van der Waals surface area contributed by atoms with Gasteiger partial charge in [0.1, 0.15) is 11.9 Å². The highest BCUT2D eigenvalue weighted by molar-refractivity contribution is 5.82. The highest BCUT2D eigenvalue weighted by Gasteiger charge is 2.25. The molecule has 1 aliphatic heterocycles. The third kappa shape index (κ3) is 3.04. The Kier molecular flexibility index (Phi) is 4.03. The summed E-state index contributed by atoms with van der Waals surface area (Å²) >= 11 is 0. The van der Waals surface area contributed by atoms with E-state index >= 15 is 0 Å². The lowest BCUT2D eigenvalue weighted by Gasteiger charge is -2.29. The Bertz CT molecular complexity index is 471. The molecule has 0 spiro atoms. The number of urea groups is 1. The van der Waals surface area contributed by atoms with Gasteiger partial charge in [0.15, 0.2) is 0 Å². The van der Waals surface area contributed by atoms with Gasteiger partial charge in [0.25, 0.3) is 0 Å². The maximum absolute atomic E-state index is 12.0. The molecule has 1 aliphatic rings. The van der Waals surface area contributed by atoms with E-state index in [4.69, 9.17) is 5.11 Å². The van der Waals surface area contributed by atoms with Crippen LogP contribution in [0.3, 0.4) is 0 Å². The van der Waals surface area contributed by atoms with Crippen LogP contribution in [0.1, 0.15) is 25.6 Å². The average Bonchev–Trinajstić information content (AvgIpc) is 2.85. The van der Waals surface area contributed by atoms with E-state index in [2.05, 4.69) is 10.3 Å². The first-order chi connectivity index (χ1) is 9.11. The van der Waals surface area contributed by atoms with Crippen molar-refractivity contribution < 1.29 is 14.7 Å². The van der Waals surface area contributed by atoms with Crippen molar-refractivity contribution in [1.29, 1.82) is 0 Å². The molecule has 1 unspecified atom stereocenters. The Morgan fingerprint density at radius 1 is 1.53 bits per heavy atom. The van der Waals surface area contributed by atoms with E-state index in [-0.39, 0.29) is 6.03 Å². The SMILES string of the molecule is CCCC(NC(=O)N1CCn2ccnc2C1)C(=O)O. The van der Waals surface area contributed by atoms with Crippen LogP contribution in [0.2, 0.25) is 0 Å². The number of nitrogens with zero attached hydrogens (tertiary/aromatic N) is 3. The molecule has 0 saturated carbocycles. The Morgan fingerprint density at radius 3 is 3.00 bits per heavy atom. The summed E-state index contributed by atoms with van der Waals surface area (Å²) in [6.45, 7) is 3.55. The minimum Gasteiger partial charge on any atom is -0.480 e. The fraction of sp³-hybridized carbons (Fsp3) is 0.583. The molecule has 0 aromatic carbocycles. The molecule has 1 aromatic heterocycles. The van der Waals surface area contributed by atoms with E-state index in [1.165, 1.54) is 0 Å². The van der Waals surface area contributed by atoms with Crippen LogP contribution in [0.5, 0.6) is 0 Å². The average molecular weight is 266 g/mol. The number of aromatic nitrogens is 2. The monoisotopic (exact) mass is 266 g/mol. The number of hydrogen-bond donors (Lipinski definition) is 2. The van der Waals surface area contributed by atoms with Crippen LogP contribution in [-0.4, -0.2) is 44.1 Å². The van der Waals surface area contributed by atoms with Crippen LogP contribution < -0.4 is 5.32 Å². The number of hydrogen-bond acceptors (Lipinski definition) is 3. The van der Waals surface area contributed by atoms with Crippen LogP contribution >= 0.6 is 0 Å². The predicted molar refractivity (Wildman–Crippen MR) is 67.5 cm³/mol. The second kappa shape index (κ2) is 5.73. The van der Waals surface area contributed by atoms with Crippen LogP contribution in [-0.2, 0) is 17.9 Å². The van der Waals surface area contributed by atoms with Gasteiger partial charge in [0.05, 0.1) is 6.54 Å². The number of carboxylic acids is 1. The second-order valence-corrected chi connectivity index (χ2v) is 4.59. The van der Waals surface area contributed by atoms with Crippen molar-refractivity contribution >= 4 is 12.0 Å². The maximum Gasteiger partial charge on any atom is 0.326 e. The van der Waals surface area contributed by atoms with Crippen LogP contribution in [0, 0.1) is 0 Å². The van der Waals surface area contributed by atoms with E-state index in [0.717, 1.165) is 5.82 Å². The van der Waals surface area contributed by atoms with E-state index in [9.17, 15) is 9.59 Å². The normalized spacial score (nSPS) is 15.7. The summed E-state index contributed by atoms with van der Waals surface area (Å²) in [6, 6.07) is -1.16. The predicted octanol–water partition coefficient (Wildman–Crippen LogP) is 0.662. The van der Waals surface area contributed by atoms with E-state index in [1.54, 1.807) is 11.1 Å². The maximum atomic E-state index is 12.0. The molecule has 1 aromatic rings. The van der Waals surface area contributed by atoms with E-state index in [0.29, 0.717) is 32.5 Å². The molecule has 19 heavy (non-hydrogen) atoms. The molecular formula is C12H18N4O3. The Labute approximate surface area is 111 Å². The van der Waals surface area contributed by atoms with Crippen molar-refractivity contribution in [2.24, 2.45) is 0 Å². The number of imidazole rings is 1. The third-order valence-electron chi connectivity index (χ3n) is 3.21. The molecule has 2 rings (SSSR count). The van der Waals surface area contributed by atoms with Gasteiger partial charge < -0.3 is 19.9 Å². The molecule has 104 valence electrons. The molecule has 2 heterocycles. The Morgan fingerprint density at radius 2 is 2.32 bits per heavy atom. The summed E-state index contributed by atoms with van der Waals surface area (Å²) < 4.78 is 1.99. The first-order valence-corrected chi connectivity index (χ1v) is 6.40. The van der Waals surface area contributed by atoms with Gasteiger partial charge in [-0.3, -0.25) is 0 Å². The van der Waals surface area contributed by atoms with E-state index < -0.39 is 12.0 Å². The molecule has 0 aliphatic carbocycles. The minimum atomic E-state index is -0.992. The van der Waals surface area contributed by atoms with Gasteiger partial charge in [-0.15, -0.1) is 0 Å². The summed E-state index contributed by atoms with van der Waals surface area (Å²) in [7, 11) is 0. The van der Waals surface area contributed by atoms with Gasteiger partial charge in [-0.25, -0.2) is 14.6 Å². The topological polar surface area (TPSA) is 87.5 Å². The van der Waals surface area contributed by atoms with Crippen molar-refractivity contribution in [2.75, 3.05) is 6.54 Å². The summed E-state index contributed by atoms with van der Waals surface area (Å²) in [5, 5.41) is 11.6. The van der Waals surface area contributed by atoms with Crippen molar-refractivity contribution in [2.45, 2.75) is 38.9 Å². The van der Waals surface area contributed by atoms with Crippen molar-refractivity contribution in [1.82, 2.24) is 19.8 Å². The van der Waals surface area contributed by atoms with Crippen molar-refractivity contribution in [3.8, 4) is 0 Å². The second-order valence-electron chi connectivity index (χ2n) is 4.59. The fourth-order valence-electron chi connectivity index (χ4n) is 2.13. The molecule has 1 atom stereocenters.